The van der Waals surface area contributed by atoms with E-state index >= 15 is 0 Å². The van der Waals surface area contributed by atoms with E-state index in [1.807, 2.05) is 23.1 Å². The summed E-state index contributed by atoms with van der Waals surface area (Å²) in [4.78, 5) is 14.0. The Kier molecular flexibility index (Phi) is 4.67. The van der Waals surface area contributed by atoms with Gasteiger partial charge in [-0.05, 0) is 12.0 Å². The summed E-state index contributed by atoms with van der Waals surface area (Å²) < 4.78 is 0. The molecule has 2 nitrogen and oxygen atoms in total. The summed E-state index contributed by atoms with van der Waals surface area (Å²) in [6, 6.07) is 10.5. The van der Waals surface area contributed by atoms with Crippen molar-refractivity contribution in [2.45, 2.75) is 51.5 Å². The van der Waals surface area contributed by atoms with Crippen LogP contribution in [0.4, 0.5) is 0 Å². The molecule has 0 spiro atoms. The normalized spacial score (nSPS) is 18.9. The molecule has 1 saturated heterocycles. The highest BCUT2D eigenvalue weighted by atomic mass is 28.3. The van der Waals surface area contributed by atoms with Gasteiger partial charge in [0.2, 0.25) is 5.91 Å². The Bertz CT molecular complexity index is 521. The summed E-state index contributed by atoms with van der Waals surface area (Å²) in [6.07, 6.45) is 2.45. The van der Waals surface area contributed by atoms with Crippen LogP contribution in [0.2, 0.25) is 19.6 Å². The minimum absolute atomic E-state index is 0.272. The van der Waals surface area contributed by atoms with Gasteiger partial charge in [0.25, 0.3) is 0 Å². The van der Waals surface area contributed by atoms with E-state index in [2.05, 4.69) is 43.2 Å². The average molecular weight is 285 g/mol. The first-order chi connectivity index (χ1) is 9.46. The molecule has 1 unspecified atom stereocenters. The zero-order valence-corrected chi connectivity index (χ0v) is 13.6. The average Bonchev–Trinajstić information content (AvgIpc) is 2.71. The van der Waals surface area contributed by atoms with Gasteiger partial charge >= 0.3 is 0 Å². The number of amides is 1. The monoisotopic (exact) mass is 285 g/mol. The van der Waals surface area contributed by atoms with Crippen LogP contribution in [0.15, 0.2) is 30.3 Å². The molecule has 0 N–H and O–H groups in total. The van der Waals surface area contributed by atoms with Crippen molar-refractivity contribution in [2.24, 2.45) is 0 Å². The van der Waals surface area contributed by atoms with Crippen LogP contribution in [0.3, 0.4) is 0 Å². The van der Waals surface area contributed by atoms with Crippen molar-refractivity contribution in [3.8, 4) is 11.5 Å². The zero-order chi connectivity index (χ0) is 14.6. The molecule has 1 aliphatic heterocycles. The number of nitrogens with zero attached hydrogens (tertiary/aromatic N) is 1. The Labute approximate surface area is 123 Å². The van der Waals surface area contributed by atoms with Crippen LogP contribution < -0.4 is 0 Å². The van der Waals surface area contributed by atoms with Crippen LogP contribution in [-0.4, -0.2) is 24.9 Å². The van der Waals surface area contributed by atoms with Gasteiger partial charge in [0.15, 0.2) is 0 Å². The van der Waals surface area contributed by atoms with Gasteiger partial charge in [0.1, 0.15) is 8.07 Å². The summed E-state index contributed by atoms with van der Waals surface area (Å²) >= 11 is 0. The minimum Gasteiger partial charge on any atom is -0.334 e. The molecule has 0 saturated carbocycles. The molecule has 3 heteroatoms. The zero-order valence-electron chi connectivity index (χ0n) is 12.6. The molecular formula is C17H23NOSi. The fourth-order valence-electron chi connectivity index (χ4n) is 2.44. The molecule has 1 atom stereocenters. The second-order valence-electron chi connectivity index (χ2n) is 6.46. The van der Waals surface area contributed by atoms with E-state index in [4.69, 9.17) is 0 Å². The van der Waals surface area contributed by atoms with E-state index in [1.54, 1.807) is 0 Å². The Balaban J connectivity index is 2.01. The van der Waals surface area contributed by atoms with Crippen LogP contribution in [0, 0.1) is 11.5 Å². The maximum atomic E-state index is 12.0. The summed E-state index contributed by atoms with van der Waals surface area (Å²) in [7, 11) is -1.31. The van der Waals surface area contributed by atoms with Crippen molar-refractivity contribution in [2.75, 3.05) is 0 Å². The molecule has 0 aromatic heterocycles. The summed E-state index contributed by atoms with van der Waals surface area (Å²) in [5, 5.41) is 0. The van der Waals surface area contributed by atoms with Crippen molar-refractivity contribution >= 4 is 14.0 Å². The third kappa shape index (κ3) is 4.24. The molecule has 0 bridgehead atoms. The van der Waals surface area contributed by atoms with Crippen LogP contribution >= 0.6 is 0 Å². The molecule has 2 rings (SSSR count). The lowest BCUT2D eigenvalue weighted by molar-refractivity contribution is -0.129. The molecule has 1 aromatic rings. The molecule has 1 aliphatic rings. The van der Waals surface area contributed by atoms with E-state index in [0.29, 0.717) is 12.5 Å². The van der Waals surface area contributed by atoms with Gasteiger partial charge in [0, 0.05) is 25.4 Å². The molecule has 1 amide bonds. The predicted molar refractivity (Wildman–Crippen MR) is 85.8 cm³/mol. The van der Waals surface area contributed by atoms with Gasteiger partial charge in [-0.15, -0.1) is 11.5 Å². The summed E-state index contributed by atoms with van der Waals surface area (Å²) in [5.74, 6) is 3.59. The van der Waals surface area contributed by atoms with E-state index in [9.17, 15) is 4.79 Å². The lowest BCUT2D eigenvalue weighted by Gasteiger charge is -2.23. The second kappa shape index (κ2) is 6.28. The summed E-state index contributed by atoms with van der Waals surface area (Å²) in [5.41, 5.74) is 4.60. The first-order valence-corrected chi connectivity index (χ1v) is 10.8. The highest BCUT2D eigenvalue weighted by molar-refractivity contribution is 6.83. The van der Waals surface area contributed by atoms with Gasteiger partial charge in [-0.3, -0.25) is 4.79 Å². The van der Waals surface area contributed by atoms with Crippen LogP contribution in [0.1, 0.15) is 24.8 Å². The van der Waals surface area contributed by atoms with Crippen LogP contribution in [0.5, 0.6) is 0 Å². The largest absolute Gasteiger partial charge is 0.334 e. The maximum absolute atomic E-state index is 12.0. The molecule has 1 aromatic carbocycles. The van der Waals surface area contributed by atoms with Crippen LogP contribution in [-0.2, 0) is 11.3 Å². The highest BCUT2D eigenvalue weighted by Crippen LogP contribution is 2.23. The van der Waals surface area contributed by atoms with E-state index in [0.717, 1.165) is 19.4 Å². The number of hydrogen-bond acceptors (Lipinski definition) is 1. The Morgan fingerprint density at radius 3 is 2.60 bits per heavy atom. The van der Waals surface area contributed by atoms with Crippen molar-refractivity contribution < 1.29 is 4.79 Å². The Morgan fingerprint density at radius 1 is 1.25 bits per heavy atom. The van der Waals surface area contributed by atoms with E-state index in [1.165, 1.54) is 5.56 Å². The van der Waals surface area contributed by atoms with Gasteiger partial charge < -0.3 is 4.90 Å². The molecular weight excluding hydrogens is 262 g/mol. The number of carbonyl (C=O) groups excluding carboxylic acids is 1. The topological polar surface area (TPSA) is 20.3 Å². The maximum Gasteiger partial charge on any atom is 0.223 e. The number of likely N-dealkylation sites (tertiary alicyclic amines) is 1. The summed E-state index contributed by atoms with van der Waals surface area (Å²) in [6.45, 7) is 7.48. The number of hydrogen-bond donors (Lipinski definition) is 0. The molecule has 1 fully saturated rings. The number of rotatable bonds is 3. The van der Waals surface area contributed by atoms with Crippen molar-refractivity contribution in [1.29, 1.82) is 0 Å². The van der Waals surface area contributed by atoms with Crippen molar-refractivity contribution in [1.82, 2.24) is 4.90 Å². The minimum atomic E-state index is -1.31. The van der Waals surface area contributed by atoms with Gasteiger partial charge in [-0.1, -0.05) is 50.0 Å². The number of benzene rings is 1. The fourth-order valence-corrected chi connectivity index (χ4v) is 3.07. The predicted octanol–water partition coefficient (Wildman–Crippen LogP) is 3.45. The highest BCUT2D eigenvalue weighted by Gasteiger charge is 2.30. The third-order valence-electron chi connectivity index (χ3n) is 3.45. The van der Waals surface area contributed by atoms with Gasteiger partial charge in [-0.25, -0.2) is 0 Å². The first kappa shape index (κ1) is 14.9. The molecule has 0 radical (unpaired) electrons. The van der Waals surface area contributed by atoms with Gasteiger partial charge in [-0.2, -0.15) is 0 Å². The quantitative estimate of drug-likeness (QED) is 0.615. The molecule has 20 heavy (non-hydrogen) atoms. The molecule has 0 aliphatic carbocycles. The van der Waals surface area contributed by atoms with Crippen LogP contribution in [0.25, 0.3) is 0 Å². The van der Waals surface area contributed by atoms with Gasteiger partial charge in [0.05, 0.1) is 0 Å². The SMILES string of the molecule is C[Si](C)(C)C#CCC1CCC(=O)N1Cc1ccccc1. The van der Waals surface area contributed by atoms with Crippen molar-refractivity contribution in [3.63, 3.8) is 0 Å². The smallest absolute Gasteiger partial charge is 0.223 e. The molecule has 106 valence electrons. The third-order valence-corrected chi connectivity index (χ3v) is 4.38. The van der Waals surface area contributed by atoms with Crippen molar-refractivity contribution in [3.05, 3.63) is 35.9 Å². The lowest BCUT2D eigenvalue weighted by Crippen LogP contribution is -2.32. The Hall–Kier alpha value is -1.53. The second-order valence-corrected chi connectivity index (χ2v) is 11.2. The first-order valence-electron chi connectivity index (χ1n) is 7.29. The Morgan fingerprint density at radius 2 is 1.95 bits per heavy atom. The van der Waals surface area contributed by atoms with E-state index < -0.39 is 8.07 Å². The number of carbonyl (C=O) groups is 1. The molecule has 1 heterocycles. The standard InChI is InChI=1S/C17H23NOSi/c1-20(2,3)13-7-10-16-11-12-17(19)18(16)14-15-8-5-4-6-9-15/h4-6,8-9,16H,10-12,14H2,1-3H3. The van der Waals surface area contributed by atoms with E-state index in [-0.39, 0.29) is 5.91 Å². The lowest BCUT2D eigenvalue weighted by atomic mass is 10.1. The fraction of sp³-hybridized carbons (Fsp3) is 0.471.